The first-order valence-electron chi connectivity index (χ1n) is 3.17. The van der Waals surface area contributed by atoms with Crippen LogP contribution in [-0.4, -0.2) is 32.0 Å². The van der Waals surface area contributed by atoms with Crippen molar-refractivity contribution in [2.45, 2.75) is 25.2 Å². The monoisotopic (exact) mass is 134 g/mol. The van der Waals surface area contributed by atoms with E-state index in [1.807, 2.05) is 0 Å². The van der Waals surface area contributed by atoms with E-state index in [0.29, 0.717) is 0 Å². The summed E-state index contributed by atoms with van der Waals surface area (Å²) in [7, 11) is 10.4. The van der Waals surface area contributed by atoms with Crippen molar-refractivity contribution >= 4 is 21.5 Å². The Bertz CT molecular complexity index is 163. The van der Waals surface area contributed by atoms with Crippen molar-refractivity contribution in [1.82, 2.24) is 0 Å². The summed E-state index contributed by atoms with van der Waals surface area (Å²) in [6.45, 7) is 1.70. The molecule has 2 nitrogen and oxygen atoms in total. The molecule has 0 aromatic heterocycles. The number of carbonyl (C=O) groups is 1. The molecule has 0 aliphatic heterocycles. The predicted octanol–water partition coefficient (Wildman–Crippen LogP) is -0.661. The van der Waals surface area contributed by atoms with Crippen molar-refractivity contribution in [1.29, 1.82) is 0 Å². The van der Waals surface area contributed by atoms with Gasteiger partial charge in [-0.25, -0.2) is 0 Å². The van der Waals surface area contributed by atoms with Crippen LogP contribution in [0.5, 0.6) is 0 Å². The van der Waals surface area contributed by atoms with Gasteiger partial charge in [-0.1, -0.05) is 6.92 Å². The predicted molar refractivity (Wildman–Crippen MR) is 38.8 cm³/mol. The number of hydrogen-bond donors (Lipinski definition) is 1. The Morgan fingerprint density at radius 2 is 2.00 bits per heavy atom. The van der Waals surface area contributed by atoms with Gasteiger partial charge in [0.05, 0.1) is 15.7 Å². The van der Waals surface area contributed by atoms with Gasteiger partial charge in [-0.15, -0.1) is 0 Å². The summed E-state index contributed by atoms with van der Waals surface area (Å²) in [4.78, 5) is 10.5. The van der Waals surface area contributed by atoms with Crippen LogP contribution in [-0.2, 0) is 4.79 Å². The molecular weight excluding hydrogens is 126 g/mol. The minimum atomic E-state index is -1.71. The lowest BCUT2D eigenvalue weighted by Crippen LogP contribution is -2.55. The van der Waals surface area contributed by atoms with Crippen molar-refractivity contribution in [2.24, 2.45) is 5.41 Å². The molecule has 0 spiro atoms. The molecule has 10 heavy (non-hydrogen) atoms. The normalized spacial score (nSPS) is 24.0. The van der Waals surface area contributed by atoms with E-state index >= 15 is 0 Å². The summed E-state index contributed by atoms with van der Waals surface area (Å²) in [5, 5.41) is 7.41. The van der Waals surface area contributed by atoms with Gasteiger partial charge in [0.2, 0.25) is 0 Å². The number of aliphatic hydroxyl groups is 1. The van der Waals surface area contributed by atoms with Crippen molar-refractivity contribution in [2.75, 3.05) is 0 Å². The molecule has 1 fully saturated rings. The highest BCUT2D eigenvalue weighted by atomic mass is 16.3. The Balaban J connectivity index is 2.65. The highest BCUT2D eigenvalue weighted by Gasteiger charge is 2.48. The van der Waals surface area contributed by atoms with Gasteiger partial charge in [-0.3, -0.25) is 4.79 Å². The largest absolute Gasteiger partial charge is 0.409 e. The van der Waals surface area contributed by atoms with Crippen LogP contribution in [0.2, 0.25) is 0 Å². The van der Waals surface area contributed by atoms with Gasteiger partial charge >= 0.3 is 0 Å². The van der Waals surface area contributed by atoms with Crippen LogP contribution < -0.4 is 0 Å². The zero-order chi connectivity index (χ0) is 7.99. The van der Waals surface area contributed by atoms with E-state index in [0.717, 1.165) is 0 Å². The fourth-order valence-electron chi connectivity index (χ4n) is 1.10. The van der Waals surface area contributed by atoms with Gasteiger partial charge in [0.25, 0.3) is 0 Å². The van der Waals surface area contributed by atoms with Crippen LogP contribution in [0.4, 0.5) is 0 Å². The quantitative estimate of drug-likeness (QED) is 0.483. The number of hydrogen-bond acceptors (Lipinski definition) is 2. The Morgan fingerprint density at radius 1 is 1.60 bits per heavy atom. The number of Topliss-reactive ketones (excluding diaryl/α,β-unsaturated/α-hetero) is 1. The summed E-state index contributed by atoms with van der Waals surface area (Å²) in [5.74, 6) is 0.108. The van der Waals surface area contributed by atoms with Gasteiger partial charge in [-0.05, 0) is 10.8 Å². The SMILES string of the molecule is [B]C([B])(O)C1(C)CC(=O)C1. The lowest BCUT2D eigenvalue weighted by Gasteiger charge is -2.47. The van der Waals surface area contributed by atoms with Gasteiger partial charge in [0.15, 0.2) is 0 Å². The van der Waals surface area contributed by atoms with E-state index in [-0.39, 0.29) is 18.6 Å². The average molecular weight is 134 g/mol. The molecule has 0 unspecified atom stereocenters. The maximum absolute atomic E-state index is 10.5. The minimum absolute atomic E-state index is 0.108. The lowest BCUT2D eigenvalue weighted by atomic mass is 9.44. The van der Waals surface area contributed by atoms with E-state index in [1.165, 1.54) is 0 Å². The fraction of sp³-hybridized carbons (Fsp3) is 0.833. The molecule has 4 radical (unpaired) electrons. The van der Waals surface area contributed by atoms with E-state index in [1.54, 1.807) is 6.92 Å². The van der Waals surface area contributed by atoms with Crippen LogP contribution >= 0.6 is 0 Å². The van der Waals surface area contributed by atoms with Gasteiger partial charge in [0, 0.05) is 12.8 Å². The zero-order valence-electron chi connectivity index (χ0n) is 5.92. The standard InChI is InChI=1S/C6H8B2O2/c1-5(6(7,8)10)2-4(9)3-5/h10H,2-3H2,1H3. The number of carbonyl (C=O) groups excluding carboxylic acids is 1. The fourth-order valence-corrected chi connectivity index (χ4v) is 1.10. The summed E-state index contributed by atoms with van der Waals surface area (Å²) in [6.07, 6.45) is 0.576. The Morgan fingerprint density at radius 3 is 2.10 bits per heavy atom. The van der Waals surface area contributed by atoms with E-state index in [4.69, 9.17) is 20.8 Å². The molecule has 1 N–H and O–H groups in total. The number of rotatable bonds is 1. The molecule has 0 aromatic rings. The van der Waals surface area contributed by atoms with E-state index in [9.17, 15) is 4.79 Å². The molecular formula is C6H8B2O2. The highest BCUT2D eigenvalue weighted by Crippen LogP contribution is 2.43. The third kappa shape index (κ3) is 1.01. The van der Waals surface area contributed by atoms with Crippen LogP contribution in [0, 0.1) is 5.41 Å². The first-order valence-corrected chi connectivity index (χ1v) is 3.17. The maximum Gasteiger partial charge on any atom is 0.134 e. The molecule has 1 saturated carbocycles. The van der Waals surface area contributed by atoms with E-state index in [2.05, 4.69) is 0 Å². The Labute approximate surface area is 62.8 Å². The second-order valence-corrected chi connectivity index (χ2v) is 3.28. The molecule has 0 saturated heterocycles. The molecule has 0 aromatic carbocycles. The van der Waals surface area contributed by atoms with Crippen molar-refractivity contribution in [3.63, 3.8) is 0 Å². The smallest absolute Gasteiger partial charge is 0.134 e. The topological polar surface area (TPSA) is 37.3 Å². The molecule has 0 heterocycles. The Kier molecular flexibility index (Phi) is 1.48. The van der Waals surface area contributed by atoms with Crippen LogP contribution in [0.25, 0.3) is 0 Å². The summed E-state index contributed by atoms with van der Waals surface area (Å²) < 4.78 is 0. The van der Waals surface area contributed by atoms with E-state index < -0.39 is 10.8 Å². The zero-order valence-corrected chi connectivity index (χ0v) is 5.92. The molecule has 1 aliphatic carbocycles. The summed E-state index contributed by atoms with van der Waals surface area (Å²) in [6, 6.07) is 0. The summed E-state index contributed by atoms with van der Waals surface area (Å²) >= 11 is 0. The van der Waals surface area contributed by atoms with Crippen molar-refractivity contribution < 1.29 is 9.90 Å². The molecule has 1 aliphatic rings. The molecule has 50 valence electrons. The van der Waals surface area contributed by atoms with Gasteiger partial charge < -0.3 is 5.11 Å². The third-order valence-electron chi connectivity index (χ3n) is 2.14. The number of ketones is 1. The van der Waals surface area contributed by atoms with Gasteiger partial charge in [-0.2, -0.15) is 0 Å². The summed E-state index contributed by atoms with van der Waals surface area (Å²) in [5.41, 5.74) is -0.607. The highest BCUT2D eigenvalue weighted by molar-refractivity contribution is 6.39. The molecule has 4 heteroatoms. The maximum atomic E-state index is 10.5. The first-order chi connectivity index (χ1) is 4.35. The molecule has 0 atom stereocenters. The molecule has 0 bridgehead atoms. The lowest BCUT2D eigenvalue weighted by molar-refractivity contribution is -0.137. The van der Waals surface area contributed by atoms with Gasteiger partial charge in [0.1, 0.15) is 5.78 Å². The third-order valence-corrected chi connectivity index (χ3v) is 2.14. The second-order valence-electron chi connectivity index (χ2n) is 3.28. The van der Waals surface area contributed by atoms with Crippen LogP contribution in [0.1, 0.15) is 19.8 Å². The molecule has 1 rings (SSSR count). The average Bonchev–Trinajstić information content (AvgIpc) is 1.58. The second kappa shape index (κ2) is 1.88. The Hall–Kier alpha value is -0.240. The van der Waals surface area contributed by atoms with Crippen molar-refractivity contribution in [3.8, 4) is 0 Å². The van der Waals surface area contributed by atoms with Crippen LogP contribution in [0.15, 0.2) is 0 Å². The minimum Gasteiger partial charge on any atom is -0.409 e. The van der Waals surface area contributed by atoms with Crippen molar-refractivity contribution in [3.05, 3.63) is 0 Å². The van der Waals surface area contributed by atoms with Crippen LogP contribution in [0.3, 0.4) is 0 Å². The molecule has 0 amide bonds. The first kappa shape index (κ1) is 7.86.